The third kappa shape index (κ3) is 1.95. The number of morpholine rings is 1. The molecule has 0 N–H and O–H groups in total. The number of hydrogen-bond donors (Lipinski definition) is 0. The molecule has 2 aliphatic heterocycles. The van der Waals surface area contributed by atoms with Crippen molar-refractivity contribution in [3.8, 4) is 0 Å². The molecule has 1 saturated carbocycles. The summed E-state index contributed by atoms with van der Waals surface area (Å²) in [7, 11) is 0. The quantitative estimate of drug-likeness (QED) is 0.752. The van der Waals surface area contributed by atoms with Gasteiger partial charge in [0.15, 0.2) is 0 Å². The second kappa shape index (κ2) is 4.82. The first-order valence-electron chi connectivity index (χ1n) is 7.30. The van der Waals surface area contributed by atoms with Crippen LogP contribution in [0.4, 0.5) is 0 Å². The van der Waals surface area contributed by atoms with Crippen LogP contribution in [0.3, 0.4) is 0 Å². The molecule has 2 saturated heterocycles. The number of rotatable bonds is 2. The maximum absolute atomic E-state index is 12.6. The van der Waals surface area contributed by atoms with E-state index in [2.05, 4.69) is 11.8 Å². The van der Waals surface area contributed by atoms with E-state index in [9.17, 15) is 4.79 Å². The Bertz CT molecular complexity index is 327. The molecule has 0 bridgehead atoms. The molecule has 0 aromatic heterocycles. The molecule has 18 heavy (non-hydrogen) atoms. The lowest BCUT2D eigenvalue weighted by Crippen LogP contribution is -2.64. The zero-order valence-corrected chi connectivity index (χ0v) is 11.2. The summed E-state index contributed by atoms with van der Waals surface area (Å²) in [4.78, 5) is 14.7. The van der Waals surface area contributed by atoms with Crippen molar-refractivity contribution in [3.05, 3.63) is 0 Å². The van der Waals surface area contributed by atoms with E-state index in [1.165, 1.54) is 6.42 Å². The van der Waals surface area contributed by atoms with Gasteiger partial charge >= 0.3 is 0 Å². The van der Waals surface area contributed by atoms with Crippen LogP contribution in [0.25, 0.3) is 0 Å². The molecule has 0 radical (unpaired) electrons. The molecule has 2 heterocycles. The molecule has 0 aromatic rings. The van der Waals surface area contributed by atoms with E-state index >= 15 is 0 Å². The van der Waals surface area contributed by atoms with Gasteiger partial charge < -0.3 is 14.4 Å². The second-order valence-electron chi connectivity index (χ2n) is 5.85. The molecule has 3 rings (SSSR count). The Morgan fingerprint density at radius 1 is 1.39 bits per heavy atom. The maximum Gasteiger partial charge on any atom is 0.252 e. The van der Waals surface area contributed by atoms with Gasteiger partial charge in [-0.05, 0) is 38.5 Å². The van der Waals surface area contributed by atoms with Gasteiger partial charge in [-0.15, -0.1) is 0 Å². The minimum Gasteiger partial charge on any atom is -0.377 e. The molecule has 102 valence electrons. The Balaban J connectivity index is 1.67. The molecule has 1 amide bonds. The van der Waals surface area contributed by atoms with Gasteiger partial charge in [0, 0.05) is 6.54 Å². The van der Waals surface area contributed by atoms with E-state index in [-0.39, 0.29) is 23.7 Å². The number of carbonyl (C=O) groups excluding carboxylic acids is 1. The standard InChI is InChI=1S/C14H23NO3/c1-2-11-4-5-12(18-11)13(16)15-8-9-17-10-14(15)6-3-7-14/h11-12H,2-10H2,1H3. The molecular formula is C14H23NO3. The number of carbonyl (C=O) groups is 1. The second-order valence-corrected chi connectivity index (χ2v) is 5.85. The van der Waals surface area contributed by atoms with Crippen LogP contribution in [0.1, 0.15) is 45.4 Å². The highest BCUT2D eigenvalue weighted by atomic mass is 16.5. The summed E-state index contributed by atoms with van der Waals surface area (Å²) >= 11 is 0. The summed E-state index contributed by atoms with van der Waals surface area (Å²) in [5.74, 6) is 0.217. The van der Waals surface area contributed by atoms with Crippen molar-refractivity contribution in [2.45, 2.75) is 63.2 Å². The van der Waals surface area contributed by atoms with Crippen molar-refractivity contribution in [3.63, 3.8) is 0 Å². The minimum atomic E-state index is -0.189. The molecule has 2 atom stereocenters. The Morgan fingerprint density at radius 2 is 2.22 bits per heavy atom. The minimum absolute atomic E-state index is 0.0169. The van der Waals surface area contributed by atoms with Gasteiger partial charge in [0.2, 0.25) is 0 Å². The summed E-state index contributed by atoms with van der Waals surface area (Å²) in [6.07, 6.45) is 6.46. The molecule has 3 aliphatic rings. The first-order chi connectivity index (χ1) is 8.75. The van der Waals surface area contributed by atoms with Crippen LogP contribution < -0.4 is 0 Å². The summed E-state index contributed by atoms with van der Waals surface area (Å²) in [6.45, 7) is 4.27. The monoisotopic (exact) mass is 253 g/mol. The number of ether oxygens (including phenoxy) is 2. The van der Waals surface area contributed by atoms with E-state index < -0.39 is 0 Å². The van der Waals surface area contributed by atoms with Crippen LogP contribution in [-0.2, 0) is 14.3 Å². The molecule has 4 nitrogen and oxygen atoms in total. The average molecular weight is 253 g/mol. The zero-order chi connectivity index (χ0) is 12.6. The van der Waals surface area contributed by atoms with E-state index in [1.807, 2.05) is 0 Å². The van der Waals surface area contributed by atoms with Crippen LogP contribution in [0, 0.1) is 0 Å². The van der Waals surface area contributed by atoms with Crippen LogP contribution in [0.15, 0.2) is 0 Å². The number of nitrogens with zero attached hydrogens (tertiary/aromatic N) is 1. The van der Waals surface area contributed by atoms with Crippen molar-refractivity contribution in [2.75, 3.05) is 19.8 Å². The number of amides is 1. The molecule has 2 unspecified atom stereocenters. The summed E-state index contributed by atoms with van der Waals surface area (Å²) in [5.41, 5.74) is 0.0169. The fourth-order valence-electron chi connectivity index (χ4n) is 3.44. The topological polar surface area (TPSA) is 38.8 Å². The molecule has 0 aromatic carbocycles. The van der Waals surface area contributed by atoms with Gasteiger partial charge in [0.1, 0.15) is 6.10 Å². The Labute approximate surface area is 109 Å². The smallest absolute Gasteiger partial charge is 0.252 e. The summed E-state index contributed by atoms with van der Waals surface area (Å²) in [6, 6.07) is 0. The Hall–Kier alpha value is -0.610. The largest absolute Gasteiger partial charge is 0.377 e. The molecule has 3 fully saturated rings. The first kappa shape index (κ1) is 12.4. The fourth-order valence-corrected chi connectivity index (χ4v) is 3.44. The van der Waals surface area contributed by atoms with Crippen molar-refractivity contribution in [1.29, 1.82) is 0 Å². The van der Waals surface area contributed by atoms with Gasteiger partial charge in [-0.2, -0.15) is 0 Å². The Morgan fingerprint density at radius 3 is 2.83 bits per heavy atom. The van der Waals surface area contributed by atoms with Crippen molar-refractivity contribution < 1.29 is 14.3 Å². The normalized spacial score (nSPS) is 34.6. The predicted octanol–water partition coefficient (Wildman–Crippen LogP) is 1.73. The highest BCUT2D eigenvalue weighted by Gasteiger charge is 2.49. The number of hydrogen-bond acceptors (Lipinski definition) is 3. The lowest BCUT2D eigenvalue weighted by atomic mass is 9.75. The van der Waals surface area contributed by atoms with Crippen molar-refractivity contribution >= 4 is 5.91 Å². The van der Waals surface area contributed by atoms with Crippen LogP contribution >= 0.6 is 0 Å². The zero-order valence-electron chi connectivity index (χ0n) is 11.2. The van der Waals surface area contributed by atoms with Crippen LogP contribution in [-0.4, -0.2) is 48.3 Å². The van der Waals surface area contributed by atoms with Gasteiger partial charge in [0.05, 0.1) is 24.9 Å². The van der Waals surface area contributed by atoms with E-state index in [1.54, 1.807) is 0 Å². The highest BCUT2D eigenvalue weighted by Crippen LogP contribution is 2.40. The molecule has 1 spiro atoms. The van der Waals surface area contributed by atoms with Crippen molar-refractivity contribution in [1.82, 2.24) is 4.90 Å². The third-order valence-corrected chi connectivity index (χ3v) is 4.79. The van der Waals surface area contributed by atoms with Crippen molar-refractivity contribution in [2.24, 2.45) is 0 Å². The fraction of sp³-hybridized carbons (Fsp3) is 0.929. The predicted molar refractivity (Wildman–Crippen MR) is 67.3 cm³/mol. The average Bonchev–Trinajstić information content (AvgIpc) is 2.84. The van der Waals surface area contributed by atoms with Gasteiger partial charge in [-0.3, -0.25) is 4.79 Å². The van der Waals surface area contributed by atoms with Crippen LogP contribution in [0.2, 0.25) is 0 Å². The van der Waals surface area contributed by atoms with Gasteiger partial charge in [-0.25, -0.2) is 0 Å². The third-order valence-electron chi connectivity index (χ3n) is 4.79. The van der Waals surface area contributed by atoms with Gasteiger partial charge in [-0.1, -0.05) is 6.92 Å². The van der Waals surface area contributed by atoms with E-state index in [0.717, 1.165) is 45.3 Å². The van der Waals surface area contributed by atoms with E-state index in [4.69, 9.17) is 9.47 Å². The molecule has 4 heteroatoms. The SMILES string of the molecule is CCC1CCC(C(=O)N2CCOCC23CCC3)O1. The molecular weight excluding hydrogens is 230 g/mol. The lowest BCUT2D eigenvalue weighted by Gasteiger charge is -2.53. The maximum atomic E-state index is 12.6. The summed E-state index contributed by atoms with van der Waals surface area (Å²) in [5, 5.41) is 0. The summed E-state index contributed by atoms with van der Waals surface area (Å²) < 4.78 is 11.4. The Kier molecular flexibility index (Phi) is 3.32. The van der Waals surface area contributed by atoms with Gasteiger partial charge in [0.25, 0.3) is 5.91 Å². The lowest BCUT2D eigenvalue weighted by molar-refractivity contribution is -0.169. The van der Waals surface area contributed by atoms with E-state index in [0.29, 0.717) is 6.61 Å². The highest BCUT2D eigenvalue weighted by molar-refractivity contribution is 5.82. The first-order valence-corrected chi connectivity index (χ1v) is 7.30. The van der Waals surface area contributed by atoms with Crippen LogP contribution in [0.5, 0.6) is 0 Å². The molecule has 1 aliphatic carbocycles.